The summed E-state index contributed by atoms with van der Waals surface area (Å²) in [5, 5.41) is 48.5. The molecule has 0 amide bonds. The highest BCUT2D eigenvalue weighted by atomic mass is 35.5. The van der Waals surface area contributed by atoms with E-state index in [2.05, 4.69) is 10.2 Å². The summed E-state index contributed by atoms with van der Waals surface area (Å²) in [4.78, 5) is 0. The zero-order chi connectivity index (χ0) is 18.0. The van der Waals surface area contributed by atoms with Crippen LogP contribution in [0.3, 0.4) is 0 Å². The minimum Gasteiger partial charge on any atom is -0.394 e. The van der Waals surface area contributed by atoms with Gasteiger partial charge in [-0.25, -0.2) is 0 Å². The summed E-state index contributed by atoms with van der Waals surface area (Å²) in [6.45, 7) is -0.462. The van der Waals surface area contributed by atoms with Gasteiger partial charge in [-0.15, -0.1) is 10.2 Å². The van der Waals surface area contributed by atoms with Gasteiger partial charge < -0.3 is 25.2 Å². The molecule has 1 aromatic heterocycles. The van der Waals surface area contributed by atoms with Crippen molar-refractivity contribution in [1.82, 2.24) is 10.2 Å². The molecule has 1 fully saturated rings. The van der Waals surface area contributed by atoms with Crippen LogP contribution in [0.1, 0.15) is 10.6 Å². The fraction of sp³-hybridized carbons (Fsp3) is 0.467. The number of hydrogen-bond donors (Lipinski definition) is 4. The van der Waals surface area contributed by atoms with Crippen molar-refractivity contribution < 1.29 is 25.2 Å². The standard InChI is InChI=1S/C15H17ClN2O5S2/c16-8-4-2-1-3-7(8)5-10-17-18-15(24-10)25-14-13(22)12(21)11(20)9(6-19)23-14/h1-4,9,11-14,19-22H,5-6H2/t9-,11+,12+,13-,14+/m1/s1. The largest absolute Gasteiger partial charge is 0.394 e. The Kier molecular flexibility index (Phi) is 6.29. The van der Waals surface area contributed by atoms with E-state index >= 15 is 0 Å². The highest BCUT2D eigenvalue weighted by molar-refractivity contribution is 8.01. The average molecular weight is 405 g/mol. The highest BCUT2D eigenvalue weighted by Crippen LogP contribution is 2.35. The van der Waals surface area contributed by atoms with Crippen molar-refractivity contribution in [3.05, 3.63) is 39.9 Å². The van der Waals surface area contributed by atoms with Gasteiger partial charge in [0.2, 0.25) is 0 Å². The summed E-state index contributed by atoms with van der Waals surface area (Å²) in [6, 6.07) is 7.47. The lowest BCUT2D eigenvalue weighted by atomic mass is 10.0. The Bertz CT molecular complexity index is 717. The van der Waals surface area contributed by atoms with Crippen molar-refractivity contribution >= 4 is 34.7 Å². The van der Waals surface area contributed by atoms with E-state index in [1.54, 1.807) is 0 Å². The van der Waals surface area contributed by atoms with Gasteiger partial charge in [0.25, 0.3) is 0 Å². The molecule has 0 aliphatic carbocycles. The molecular formula is C15H17ClN2O5S2. The van der Waals surface area contributed by atoms with Gasteiger partial charge in [0, 0.05) is 11.4 Å². The van der Waals surface area contributed by atoms with Crippen LogP contribution in [0.2, 0.25) is 5.02 Å². The van der Waals surface area contributed by atoms with Crippen LogP contribution in [0.4, 0.5) is 0 Å². The molecule has 10 heteroatoms. The Labute approximate surface area is 157 Å². The maximum Gasteiger partial charge on any atom is 0.176 e. The zero-order valence-electron chi connectivity index (χ0n) is 12.9. The van der Waals surface area contributed by atoms with Crippen LogP contribution in [0.5, 0.6) is 0 Å². The van der Waals surface area contributed by atoms with Crippen LogP contribution < -0.4 is 0 Å². The Hall–Kier alpha value is -0.780. The number of aliphatic hydroxyl groups excluding tert-OH is 4. The first kappa shape index (κ1) is 19.0. The SMILES string of the molecule is OC[C@H]1O[C@@H](Sc2nnc(Cc3ccccc3Cl)s2)[C@H](O)[C@@H](O)[C@H]1O. The smallest absolute Gasteiger partial charge is 0.176 e. The minimum atomic E-state index is -1.40. The zero-order valence-corrected chi connectivity index (χ0v) is 15.3. The van der Waals surface area contributed by atoms with Gasteiger partial charge in [0.1, 0.15) is 34.9 Å². The number of ether oxygens (including phenoxy) is 1. The van der Waals surface area contributed by atoms with E-state index in [0.717, 1.165) is 22.3 Å². The Morgan fingerprint density at radius 3 is 2.60 bits per heavy atom. The number of aliphatic hydroxyl groups is 4. The van der Waals surface area contributed by atoms with Crippen molar-refractivity contribution in [1.29, 1.82) is 0 Å². The van der Waals surface area contributed by atoms with Crippen LogP contribution in [-0.2, 0) is 11.2 Å². The quantitative estimate of drug-likeness (QED) is 0.574. The third-order valence-corrected chi connectivity index (χ3v) is 6.34. The van der Waals surface area contributed by atoms with Gasteiger partial charge in [0.05, 0.1) is 6.61 Å². The van der Waals surface area contributed by atoms with Gasteiger partial charge in [-0.3, -0.25) is 0 Å². The normalized spacial score (nSPS) is 29.7. The van der Waals surface area contributed by atoms with Gasteiger partial charge >= 0.3 is 0 Å². The molecule has 0 unspecified atom stereocenters. The predicted molar refractivity (Wildman–Crippen MR) is 93.8 cm³/mol. The number of halogens is 1. The second-order valence-electron chi connectivity index (χ2n) is 5.55. The highest BCUT2D eigenvalue weighted by Gasteiger charge is 2.44. The van der Waals surface area contributed by atoms with Crippen molar-refractivity contribution in [3.8, 4) is 0 Å². The lowest BCUT2D eigenvalue weighted by Crippen LogP contribution is -2.57. The fourth-order valence-corrected chi connectivity index (χ4v) is 4.77. The lowest BCUT2D eigenvalue weighted by molar-refractivity contribution is -0.205. The number of benzene rings is 1. The molecule has 2 aromatic rings. The summed E-state index contributed by atoms with van der Waals surface area (Å²) >= 11 is 8.56. The van der Waals surface area contributed by atoms with Gasteiger partial charge in [-0.05, 0) is 11.6 Å². The average Bonchev–Trinajstić information content (AvgIpc) is 3.04. The van der Waals surface area contributed by atoms with E-state index in [0.29, 0.717) is 15.8 Å². The fourth-order valence-electron chi connectivity index (χ4n) is 2.43. The van der Waals surface area contributed by atoms with Crippen LogP contribution in [0.15, 0.2) is 28.6 Å². The second kappa shape index (κ2) is 8.28. The minimum absolute atomic E-state index is 0.462. The molecule has 1 aliphatic heterocycles. The number of thioether (sulfide) groups is 1. The van der Waals surface area contributed by atoms with E-state index in [1.807, 2.05) is 24.3 Å². The molecule has 25 heavy (non-hydrogen) atoms. The topological polar surface area (TPSA) is 116 Å². The molecular weight excluding hydrogens is 388 g/mol. The molecule has 136 valence electrons. The van der Waals surface area contributed by atoms with Crippen LogP contribution >= 0.6 is 34.7 Å². The molecule has 0 bridgehead atoms. The van der Waals surface area contributed by atoms with Crippen LogP contribution in [0, 0.1) is 0 Å². The lowest BCUT2D eigenvalue weighted by Gasteiger charge is -2.39. The van der Waals surface area contributed by atoms with Crippen molar-refractivity contribution in [2.45, 2.75) is 40.6 Å². The summed E-state index contributed by atoms with van der Waals surface area (Å²) in [5.41, 5.74) is 0.0707. The summed E-state index contributed by atoms with van der Waals surface area (Å²) in [6.07, 6.45) is -4.49. The van der Waals surface area contributed by atoms with Gasteiger partial charge in [-0.2, -0.15) is 0 Å². The molecule has 1 saturated heterocycles. The second-order valence-corrected chi connectivity index (χ2v) is 8.36. The Morgan fingerprint density at radius 1 is 1.12 bits per heavy atom. The van der Waals surface area contributed by atoms with Gasteiger partial charge in [-0.1, -0.05) is 52.9 Å². The van der Waals surface area contributed by atoms with Crippen LogP contribution in [-0.4, -0.2) is 67.1 Å². The summed E-state index contributed by atoms with van der Waals surface area (Å²) in [5.74, 6) is 0. The molecule has 7 nitrogen and oxygen atoms in total. The molecule has 0 radical (unpaired) electrons. The molecule has 0 spiro atoms. The van der Waals surface area contributed by atoms with Crippen LogP contribution in [0.25, 0.3) is 0 Å². The maximum atomic E-state index is 10.1. The molecule has 0 saturated carbocycles. The number of hydrogen-bond acceptors (Lipinski definition) is 9. The van der Waals surface area contributed by atoms with Crippen molar-refractivity contribution in [2.24, 2.45) is 0 Å². The monoisotopic (exact) mass is 404 g/mol. The van der Waals surface area contributed by atoms with E-state index < -0.39 is 36.5 Å². The van der Waals surface area contributed by atoms with E-state index in [1.165, 1.54) is 11.3 Å². The number of nitrogens with zero attached hydrogens (tertiary/aromatic N) is 2. The predicted octanol–water partition coefficient (Wildman–Crippen LogP) is 0.674. The summed E-state index contributed by atoms with van der Waals surface area (Å²) < 4.78 is 6.00. The molecule has 2 heterocycles. The Balaban J connectivity index is 1.67. The first-order valence-corrected chi connectivity index (χ1v) is 9.60. The molecule has 1 aliphatic rings. The van der Waals surface area contributed by atoms with E-state index in [4.69, 9.17) is 16.3 Å². The Morgan fingerprint density at radius 2 is 1.88 bits per heavy atom. The number of aromatic nitrogens is 2. The summed E-state index contributed by atoms with van der Waals surface area (Å²) in [7, 11) is 0. The van der Waals surface area contributed by atoms with Crippen molar-refractivity contribution in [3.63, 3.8) is 0 Å². The molecule has 3 rings (SSSR count). The third kappa shape index (κ3) is 4.32. The molecule has 1 aromatic carbocycles. The molecule has 4 N–H and O–H groups in total. The third-order valence-electron chi connectivity index (χ3n) is 3.81. The van der Waals surface area contributed by atoms with Crippen molar-refractivity contribution in [2.75, 3.05) is 6.61 Å². The molecule has 5 atom stereocenters. The van der Waals surface area contributed by atoms with E-state index in [-0.39, 0.29) is 0 Å². The van der Waals surface area contributed by atoms with Gasteiger partial charge in [0.15, 0.2) is 4.34 Å². The first-order valence-electron chi connectivity index (χ1n) is 7.52. The number of rotatable bonds is 5. The van der Waals surface area contributed by atoms with E-state index in [9.17, 15) is 20.4 Å². The first-order chi connectivity index (χ1) is 12.0. The maximum absolute atomic E-state index is 10.1.